The summed E-state index contributed by atoms with van der Waals surface area (Å²) in [6.07, 6.45) is 2.83. The summed E-state index contributed by atoms with van der Waals surface area (Å²) in [5.74, 6) is 0.949. The zero-order valence-electron chi connectivity index (χ0n) is 15.3. The van der Waals surface area contributed by atoms with E-state index < -0.39 is 0 Å². The van der Waals surface area contributed by atoms with Crippen LogP contribution in [0.2, 0.25) is 0 Å². The van der Waals surface area contributed by atoms with Crippen LogP contribution in [0.1, 0.15) is 25.3 Å². The van der Waals surface area contributed by atoms with Gasteiger partial charge in [-0.05, 0) is 31.7 Å². The Morgan fingerprint density at radius 1 is 1.27 bits per heavy atom. The van der Waals surface area contributed by atoms with Crippen LogP contribution in [0.4, 0.5) is 4.79 Å². The van der Waals surface area contributed by atoms with Crippen molar-refractivity contribution in [2.75, 3.05) is 38.8 Å². The van der Waals surface area contributed by atoms with E-state index in [0.717, 1.165) is 55.8 Å². The smallest absolute Gasteiger partial charge is 0.409 e. The molecule has 2 saturated heterocycles. The Bertz CT molecular complexity index is 606. The molecule has 0 atom stereocenters. The van der Waals surface area contributed by atoms with Gasteiger partial charge in [-0.25, -0.2) is 4.79 Å². The molecule has 1 amide bonds. The van der Waals surface area contributed by atoms with Crippen LogP contribution >= 0.6 is 24.0 Å². The van der Waals surface area contributed by atoms with E-state index >= 15 is 0 Å². The van der Waals surface area contributed by atoms with Crippen molar-refractivity contribution in [3.05, 3.63) is 35.9 Å². The molecule has 2 heterocycles. The topological polar surface area (TPSA) is 36.0 Å². The fourth-order valence-corrected chi connectivity index (χ4v) is 4.67. The van der Waals surface area contributed by atoms with Crippen molar-refractivity contribution in [2.45, 2.75) is 32.2 Å². The highest BCUT2D eigenvalue weighted by Gasteiger charge is 2.31. The Labute approximate surface area is 165 Å². The van der Waals surface area contributed by atoms with Crippen LogP contribution in [0.15, 0.2) is 30.3 Å². The van der Waals surface area contributed by atoms with E-state index in [0.29, 0.717) is 12.6 Å². The second-order valence-electron chi connectivity index (χ2n) is 6.69. The van der Waals surface area contributed by atoms with Gasteiger partial charge < -0.3 is 14.5 Å². The molecule has 2 fully saturated rings. The maximum absolute atomic E-state index is 11.9. The molecule has 0 N–H and O–H groups in total. The highest BCUT2D eigenvalue weighted by Crippen LogP contribution is 2.25. The average molecular weight is 394 g/mol. The molecular weight excluding hydrogens is 366 g/mol. The molecule has 0 aliphatic carbocycles. The lowest BCUT2D eigenvalue weighted by molar-refractivity contribution is 0.0690. The van der Waals surface area contributed by atoms with Gasteiger partial charge in [0.2, 0.25) is 0 Å². The second-order valence-corrected chi connectivity index (χ2v) is 8.26. The van der Waals surface area contributed by atoms with Crippen molar-refractivity contribution >= 4 is 34.4 Å². The fraction of sp³-hybridized carbons (Fsp3) is 0.579. The Morgan fingerprint density at radius 2 is 2.00 bits per heavy atom. The van der Waals surface area contributed by atoms with Gasteiger partial charge in [0.05, 0.1) is 19.2 Å². The molecule has 1 aromatic rings. The third-order valence-corrected chi connectivity index (χ3v) is 6.56. The Balaban J connectivity index is 1.49. The SMILES string of the molecule is CCOC(=O)N1CCC(N2CSC(=S)N(CCc3ccccc3)C2)CC1. The molecule has 0 radical (unpaired) electrons. The van der Waals surface area contributed by atoms with Gasteiger partial charge in [0, 0.05) is 25.7 Å². The zero-order valence-corrected chi connectivity index (χ0v) is 16.9. The molecule has 0 spiro atoms. The summed E-state index contributed by atoms with van der Waals surface area (Å²) in [5, 5.41) is 0. The molecule has 142 valence electrons. The standard InChI is InChI=1S/C19H27N3O2S2/c1-2-24-18(23)20-12-9-17(10-13-20)22-14-21(19(25)26-15-22)11-8-16-6-4-3-5-7-16/h3-7,17H,2,8-15H2,1H3. The molecule has 0 unspecified atom stereocenters. The summed E-state index contributed by atoms with van der Waals surface area (Å²) in [6.45, 7) is 5.69. The van der Waals surface area contributed by atoms with Gasteiger partial charge >= 0.3 is 6.09 Å². The van der Waals surface area contributed by atoms with E-state index in [1.807, 2.05) is 11.8 Å². The lowest BCUT2D eigenvalue weighted by atomic mass is 10.0. The molecular formula is C19H27N3O2S2. The van der Waals surface area contributed by atoms with Crippen molar-refractivity contribution in [3.8, 4) is 0 Å². The van der Waals surface area contributed by atoms with Crippen LogP contribution in [0.25, 0.3) is 0 Å². The van der Waals surface area contributed by atoms with Gasteiger partial charge in [-0.3, -0.25) is 4.90 Å². The molecule has 7 heteroatoms. The number of piperidine rings is 1. The average Bonchev–Trinajstić information content (AvgIpc) is 2.68. The third kappa shape index (κ3) is 5.11. The summed E-state index contributed by atoms with van der Waals surface area (Å²) in [4.78, 5) is 18.5. The van der Waals surface area contributed by atoms with Gasteiger partial charge in [0.1, 0.15) is 4.32 Å². The first-order valence-corrected chi connectivity index (χ1v) is 10.7. The van der Waals surface area contributed by atoms with Gasteiger partial charge in [-0.15, -0.1) is 0 Å². The first-order valence-electron chi connectivity index (χ1n) is 9.28. The number of hydrogen-bond acceptors (Lipinski definition) is 5. The van der Waals surface area contributed by atoms with Crippen LogP contribution in [-0.4, -0.2) is 69.9 Å². The molecule has 26 heavy (non-hydrogen) atoms. The number of hydrogen-bond donors (Lipinski definition) is 0. The van der Waals surface area contributed by atoms with E-state index in [4.69, 9.17) is 17.0 Å². The van der Waals surface area contributed by atoms with Gasteiger partial charge in [-0.1, -0.05) is 54.3 Å². The second kappa shape index (κ2) is 9.58. The van der Waals surface area contributed by atoms with Crippen molar-refractivity contribution in [3.63, 3.8) is 0 Å². The number of benzene rings is 1. The molecule has 0 aromatic heterocycles. The minimum atomic E-state index is -0.176. The monoisotopic (exact) mass is 393 g/mol. The first-order chi connectivity index (χ1) is 12.7. The van der Waals surface area contributed by atoms with Crippen LogP contribution in [0.3, 0.4) is 0 Å². The number of carbonyl (C=O) groups is 1. The largest absolute Gasteiger partial charge is 0.450 e. The molecule has 0 bridgehead atoms. The van der Waals surface area contributed by atoms with Crippen LogP contribution in [0, 0.1) is 0 Å². The number of rotatable bonds is 5. The van der Waals surface area contributed by atoms with Gasteiger partial charge in [0.25, 0.3) is 0 Å². The number of thiocarbonyl (C=S) groups is 1. The van der Waals surface area contributed by atoms with Crippen LogP contribution in [-0.2, 0) is 11.2 Å². The Morgan fingerprint density at radius 3 is 2.69 bits per heavy atom. The van der Waals surface area contributed by atoms with Crippen LogP contribution in [0.5, 0.6) is 0 Å². The highest BCUT2D eigenvalue weighted by molar-refractivity contribution is 8.22. The molecule has 2 aliphatic heterocycles. The number of thioether (sulfide) groups is 1. The minimum absolute atomic E-state index is 0.176. The maximum Gasteiger partial charge on any atom is 0.409 e. The summed E-state index contributed by atoms with van der Waals surface area (Å²) >= 11 is 7.33. The van der Waals surface area contributed by atoms with Crippen molar-refractivity contribution in [1.82, 2.24) is 14.7 Å². The first kappa shape index (κ1) is 19.5. The number of nitrogens with zero attached hydrogens (tertiary/aromatic N) is 3. The lowest BCUT2D eigenvalue weighted by Crippen LogP contribution is -2.53. The fourth-order valence-electron chi connectivity index (χ4n) is 3.47. The van der Waals surface area contributed by atoms with E-state index in [9.17, 15) is 4.79 Å². The summed E-state index contributed by atoms with van der Waals surface area (Å²) < 4.78 is 6.11. The number of likely N-dealkylation sites (tertiary alicyclic amines) is 1. The molecule has 0 saturated carbocycles. The summed E-state index contributed by atoms with van der Waals surface area (Å²) in [6, 6.07) is 11.1. The maximum atomic E-state index is 11.9. The number of amides is 1. The Hall–Kier alpha value is -1.31. The minimum Gasteiger partial charge on any atom is -0.450 e. The van der Waals surface area contributed by atoms with Crippen molar-refractivity contribution in [1.29, 1.82) is 0 Å². The number of carbonyl (C=O) groups excluding carboxylic acids is 1. The van der Waals surface area contributed by atoms with Gasteiger partial charge in [0.15, 0.2) is 0 Å². The molecule has 1 aromatic carbocycles. The van der Waals surface area contributed by atoms with Gasteiger partial charge in [-0.2, -0.15) is 0 Å². The molecule has 5 nitrogen and oxygen atoms in total. The van der Waals surface area contributed by atoms with Crippen LogP contribution < -0.4 is 0 Å². The van der Waals surface area contributed by atoms with E-state index in [1.54, 1.807) is 11.8 Å². The predicted molar refractivity (Wildman–Crippen MR) is 110 cm³/mol. The third-order valence-electron chi connectivity index (χ3n) is 4.98. The van der Waals surface area contributed by atoms with E-state index in [-0.39, 0.29) is 6.09 Å². The number of ether oxygens (including phenoxy) is 1. The summed E-state index contributed by atoms with van der Waals surface area (Å²) in [7, 11) is 0. The highest BCUT2D eigenvalue weighted by atomic mass is 32.2. The normalized spacial score (nSPS) is 19.7. The summed E-state index contributed by atoms with van der Waals surface area (Å²) in [5.41, 5.74) is 1.35. The quantitative estimate of drug-likeness (QED) is 0.714. The molecule has 3 rings (SSSR count). The van der Waals surface area contributed by atoms with Crippen molar-refractivity contribution in [2.24, 2.45) is 0 Å². The Kier molecular flexibility index (Phi) is 7.16. The van der Waals surface area contributed by atoms with E-state index in [1.165, 1.54) is 5.56 Å². The zero-order chi connectivity index (χ0) is 18.4. The van der Waals surface area contributed by atoms with Crippen molar-refractivity contribution < 1.29 is 9.53 Å². The van der Waals surface area contributed by atoms with E-state index in [2.05, 4.69) is 40.1 Å². The lowest BCUT2D eigenvalue weighted by Gasteiger charge is -2.43. The molecule has 2 aliphatic rings. The predicted octanol–water partition coefficient (Wildman–Crippen LogP) is 3.40.